The summed E-state index contributed by atoms with van der Waals surface area (Å²) in [6.45, 7) is 4.05. The van der Waals surface area contributed by atoms with E-state index >= 15 is 0 Å². The number of esters is 1. The highest BCUT2D eigenvalue weighted by Gasteiger charge is 2.55. The molecule has 156 valence electrons. The Labute approximate surface area is 169 Å². The highest BCUT2D eigenvalue weighted by atomic mass is 17.2. The zero-order valence-corrected chi connectivity index (χ0v) is 17.6. The van der Waals surface area contributed by atoms with Crippen molar-refractivity contribution in [3.63, 3.8) is 0 Å². The summed E-state index contributed by atoms with van der Waals surface area (Å²) in [5.74, 6) is -0.177. The van der Waals surface area contributed by atoms with E-state index in [0.717, 1.165) is 19.3 Å². The molecule has 1 aromatic carbocycles. The SMILES string of the molecule is C[C@@]1(CCCCCCCCCCc2ccccc2)C[C@@]2(C)OC(=O)C[C@H]2OO1. The van der Waals surface area contributed by atoms with Gasteiger partial charge in [0, 0.05) is 6.42 Å². The van der Waals surface area contributed by atoms with Gasteiger partial charge in [0.15, 0.2) is 0 Å². The summed E-state index contributed by atoms with van der Waals surface area (Å²) in [4.78, 5) is 22.7. The Hall–Kier alpha value is -1.39. The monoisotopic (exact) mass is 388 g/mol. The fourth-order valence-corrected chi connectivity index (χ4v) is 4.63. The molecule has 0 aromatic heterocycles. The molecule has 2 aliphatic rings. The van der Waals surface area contributed by atoms with Gasteiger partial charge in [-0.25, -0.2) is 9.78 Å². The lowest BCUT2D eigenvalue weighted by molar-refractivity contribution is -0.428. The number of carbonyl (C=O) groups excluding carboxylic acids is 1. The molecule has 28 heavy (non-hydrogen) atoms. The predicted octanol–water partition coefficient (Wildman–Crippen LogP) is 5.92. The number of hydrogen-bond acceptors (Lipinski definition) is 4. The van der Waals surface area contributed by atoms with E-state index in [0.29, 0.717) is 6.42 Å². The molecule has 0 spiro atoms. The van der Waals surface area contributed by atoms with Crippen LogP contribution in [0.3, 0.4) is 0 Å². The third kappa shape index (κ3) is 6.05. The summed E-state index contributed by atoms with van der Waals surface area (Å²) in [5.41, 5.74) is 0.578. The van der Waals surface area contributed by atoms with Crippen LogP contribution in [0.15, 0.2) is 30.3 Å². The molecule has 0 bridgehead atoms. The minimum atomic E-state index is -0.524. The third-order valence-corrected chi connectivity index (χ3v) is 6.23. The van der Waals surface area contributed by atoms with Crippen molar-refractivity contribution in [3.8, 4) is 0 Å². The largest absolute Gasteiger partial charge is 0.456 e. The molecule has 3 rings (SSSR count). The second-order valence-electron chi connectivity index (χ2n) is 9.10. The minimum Gasteiger partial charge on any atom is -0.456 e. The van der Waals surface area contributed by atoms with E-state index in [1.165, 1.54) is 56.9 Å². The first kappa shape index (κ1) is 21.3. The van der Waals surface area contributed by atoms with Gasteiger partial charge in [0.05, 0.1) is 6.42 Å². The quantitative estimate of drug-likeness (QED) is 0.268. The van der Waals surface area contributed by atoms with Crippen molar-refractivity contribution in [3.05, 3.63) is 35.9 Å². The molecular weight excluding hydrogens is 352 g/mol. The van der Waals surface area contributed by atoms with Crippen LogP contribution in [0, 0.1) is 0 Å². The summed E-state index contributed by atoms with van der Waals surface area (Å²) in [6.07, 6.45) is 13.2. The van der Waals surface area contributed by atoms with Gasteiger partial charge in [-0.2, -0.15) is 0 Å². The van der Waals surface area contributed by atoms with Crippen LogP contribution in [0.4, 0.5) is 0 Å². The van der Waals surface area contributed by atoms with Gasteiger partial charge in [0.1, 0.15) is 17.3 Å². The Morgan fingerprint density at radius 3 is 2.29 bits per heavy atom. The van der Waals surface area contributed by atoms with Gasteiger partial charge in [-0.15, -0.1) is 0 Å². The van der Waals surface area contributed by atoms with E-state index in [4.69, 9.17) is 14.5 Å². The number of benzene rings is 1. The van der Waals surface area contributed by atoms with Gasteiger partial charge < -0.3 is 4.74 Å². The molecule has 2 heterocycles. The molecule has 1 aromatic rings. The number of fused-ring (bicyclic) bond motifs is 1. The van der Waals surface area contributed by atoms with Crippen LogP contribution in [-0.4, -0.2) is 23.3 Å². The van der Waals surface area contributed by atoms with E-state index in [-0.39, 0.29) is 17.7 Å². The molecule has 2 fully saturated rings. The van der Waals surface area contributed by atoms with Crippen molar-refractivity contribution >= 4 is 5.97 Å². The van der Waals surface area contributed by atoms with Gasteiger partial charge in [-0.1, -0.05) is 75.3 Å². The van der Waals surface area contributed by atoms with Gasteiger partial charge >= 0.3 is 5.97 Å². The van der Waals surface area contributed by atoms with Crippen molar-refractivity contribution in [1.29, 1.82) is 0 Å². The Balaban J connectivity index is 1.20. The van der Waals surface area contributed by atoms with Crippen molar-refractivity contribution in [2.45, 2.75) is 108 Å². The lowest BCUT2D eigenvalue weighted by Gasteiger charge is -2.43. The molecule has 4 heteroatoms. The van der Waals surface area contributed by atoms with E-state index in [9.17, 15) is 4.79 Å². The summed E-state index contributed by atoms with van der Waals surface area (Å²) in [5, 5.41) is 0. The molecule has 0 radical (unpaired) electrons. The van der Waals surface area contributed by atoms with Crippen LogP contribution in [0.5, 0.6) is 0 Å². The predicted molar refractivity (Wildman–Crippen MR) is 110 cm³/mol. The average molecular weight is 389 g/mol. The van der Waals surface area contributed by atoms with Crippen LogP contribution in [0.25, 0.3) is 0 Å². The minimum absolute atomic E-state index is 0.177. The summed E-state index contributed by atoms with van der Waals surface area (Å²) < 4.78 is 5.52. The number of aryl methyl sites for hydroxylation is 1. The lowest BCUT2D eigenvalue weighted by Crippen LogP contribution is -2.51. The Bertz CT molecular complexity index is 616. The number of ether oxygens (including phenoxy) is 1. The van der Waals surface area contributed by atoms with Gasteiger partial charge in [0.25, 0.3) is 0 Å². The van der Waals surface area contributed by atoms with Crippen LogP contribution >= 0.6 is 0 Å². The maximum Gasteiger partial charge on any atom is 0.309 e. The summed E-state index contributed by atoms with van der Waals surface area (Å²) in [6, 6.07) is 10.8. The first-order valence-electron chi connectivity index (χ1n) is 11.1. The Kier molecular flexibility index (Phi) is 7.53. The van der Waals surface area contributed by atoms with Crippen LogP contribution in [0.2, 0.25) is 0 Å². The summed E-state index contributed by atoms with van der Waals surface area (Å²) in [7, 11) is 0. The van der Waals surface area contributed by atoms with E-state index < -0.39 is 5.60 Å². The first-order valence-corrected chi connectivity index (χ1v) is 11.1. The van der Waals surface area contributed by atoms with Crippen molar-refractivity contribution in [2.75, 3.05) is 0 Å². The fraction of sp³-hybridized carbons (Fsp3) is 0.708. The van der Waals surface area contributed by atoms with Crippen LogP contribution in [-0.2, 0) is 25.7 Å². The normalized spacial score (nSPS) is 29.5. The third-order valence-electron chi connectivity index (χ3n) is 6.23. The number of hydrogen-bond donors (Lipinski definition) is 0. The van der Waals surface area contributed by atoms with Crippen LogP contribution in [0.1, 0.15) is 90.0 Å². The molecule has 0 amide bonds. The molecule has 2 saturated heterocycles. The number of carbonyl (C=O) groups is 1. The van der Waals surface area contributed by atoms with E-state index in [2.05, 4.69) is 37.3 Å². The molecule has 0 unspecified atom stereocenters. The van der Waals surface area contributed by atoms with Crippen molar-refractivity contribution in [2.24, 2.45) is 0 Å². The highest BCUT2D eigenvalue weighted by molar-refractivity contribution is 5.73. The van der Waals surface area contributed by atoms with E-state index in [1.807, 2.05) is 6.92 Å². The second kappa shape index (κ2) is 9.89. The first-order chi connectivity index (χ1) is 13.5. The Morgan fingerprint density at radius 2 is 1.57 bits per heavy atom. The zero-order valence-electron chi connectivity index (χ0n) is 17.6. The summed E-state index contributed by atoms with van der Waals surface area (Å²) >= 11 is 0. The fourth-order valence-electron chi connectivity index (χ4n) is 4.63. The van der Waals surface area contributed by atoms with Gasteiger partial charge in [-0.05, 0) is 38.7 Å². The smallest absolute Gasteiger partial charge is 0.309 e. The van der Waals surface area contributed by atoms with Gasteiger partial charge in [-0.3, -0.25) is 4.79 Å². The molecule has 3 atom stereocenters. The molecule has 4 nitrogen and oxygen atoms in total. The maximum atomic E-state index is 11.6. The highest BCUT2D eigenvalue weighted by Crippen LogP contribution is 2.44. The lowest BCUT2D eigenvalue weighted by atomic mass is 9.82. The zero-order chi connectivity index (χ0) is 19.9. The van der Waals surface area contributed by atoms with Crippen LogP contribution < -0.4 is 0 Å². The molecule has 0 N–H and O–H groups in total. The van der Waals surface area contributed by atoms with Crippen molar-refractivity contribution in [1.82, 2.24) is 0 Å². The van der Waals surface area contributed by atoms with Crippen molar-refractivity contribution < 1.29 is 19.3 Å². The molecule has 2 aliphatic heterocycles. The molecular formula is C24H36O4. The average Bonchev–Trinajstić information content (AvgIpc) is 2.96. The standard InChI is InChI=1S/C24H36O4/c1-23(19-24(2)21(27-28-23)18-22(25)26-24)17-13-8-6-4-3-5-7-10-14-20-15-11-9-12-16-20/h9,11-12,15-16,21H,3-8,10,13-14,17-19H2,1-2H3/t21-,23-,24-/m1/s1. The van der Waals surface area contributed by atoms with Gasteiger partial charge in [0.2, 0.25) is 0 Å². The Morgan fingerprint density at radius 1 is 0.929 bits per heavy atom. The number of unbranched alkanes of at least 4 members (excludes halogenated alkanes) is 7. The topological polar surface area (TPSA) is 44.8 Å². The maximum absolute atomic E-state index is 11.6. The molecule has 0 aliphatic carbocycles. The number of rotatable bonds is 11. The van der Waals surface area contributed by atoms with E-state index in [1.54, 1.807) is 0 Å². The molecule has 0 saturated carbocycles. The second-order valence-corrected chi connectivity index (χ2v) is 9.10.